The van der Waals surface area contributed by atoms with Crippen molar-refractivity contribution < 1.29 is 48.5 Å². The molecule has 21 nitrogen and oxygen atoms in total. The van der Waals surface area contributed by atoms with Gasteiger partial charge in [0.15, 0.2) is 5.82 Å². The largest absolute Gasteiger partial charge is 0.508 e. The van der Waals surface area contributed by atoms with Crippen LogP contribution < -0.4 is 38.5 Å². The highest BCUT2D eigenvalue weighted by atomic mass is 33.1. The number of nitrogen functional groups attached to an aromatic ring is 1. The van der Waals surface area contributed by atoms with Crippen molar-refractivity contribution in [3.8, 4) is 0 Å². The molecule has 3 amide bonds. The maximum absolute atomic E-state index is 12.9. The van der Waals surface area contributed by atoms with Gasteiger partial charge in [-0.3, -0.25) is 14.4 Å². The molecule has 362 valence electrons. The molecule has 5 rings (SSSR count). The smallest absolute Gasteiger partial charge is 0.480 e. The lowest BCUT2D eigenvalue weighted by Gasteiger charge is -2.36. The molecule has 2 aromatic heterocycles. The summed E-state index contributed by atoms with van der Waals surface area (Å²) < 4.78 is 12.9. The zero-order valence-corrected chi connectivity index (χ0v) is 39.5. The molecule has 0 aliphatic carbocycles. The number of primary amides is 1. The topological polar surface area (TPSA) is 321 Å². The molecule has 0 radical (unpaired) electrons. The number of imidazole rings is 1. The van der Waals surface area contributed by atoms with Crippen molar-refractivity contribution in [3.05, 3.63) is 71.4 Å². The number of carboxylic acids is 2. The average molecular weight is 966 g/mol. The van der Waals surface area contributed by atoms with E-state index < -0.39 is 53.3 Å². The van der Waals surface area contributed by atoms with E-state index >= 15 is 0 Å². The summed E-state index contributed by atoms with van der Waals surface area (Å²) in [6.45, 7) is 7.46. The Morgan fingerprint density at radius 3 is 2.37 bits per heavy atom. The Hall–Kier alpha value is -6.62. The van der Waals surface area contributed by atoms with Gasteiger partial charge < -0.3 is 67.6 Å². The average Bonchev–Trinajstić information content (AvgIpc) is 3.64. The summed E-state index contributed by atoms with van der Waals surface area (Å²) in [4.78, 5) is 85.1. The van der Waals surface area contributed by atoms with Crippen LogP contribution in [0.15, 0.2) is 60.0 Å². The number of aromatic nitrogens is 3. The molecule has 12 N–H and O–H groups in total. The standard InChI is InChI=1S/C44H59N11O10S2/c1-5-6-11-32-53-34-35(28-9-7-8-10-29(28)51-37(34)45)55(32)23-44(2,3)24-65-43(63)64-18-19-66-67-22-31(42(61)62)50-33(56)17-16-30(41(59)60)52-40(58)25-12-14-26(15-13-25)48-20-27-21-49-38(46)36(39(47)57)54(27)4/h7-10,12-15,27,30-31,48-49H,5-6,11,16-24,46H2,1-4H3,(H2,45,51)(H2,47,57)(H,50,56)(H,52,58)(H,59,60)(H,61,62). The number of nitrogens with zero attached hydrogens (tertiary/aromatic N) is 4. The van der Waals surface area contributed by atoms with E-state index in [1.54, 1.807) is 24.1 Å². The fourth-order valence-corrected chi connectivity index (χ4v) is 9.21. The van der Waals surface area contributed by atoms with Gasteiger partial charge in [0.05, 0.1) is 17.1 Å². The van der Waals surface area contributed by atoms with Gasteiger partial charge in [0.2, 0.25) is 5.91 Å². The molecular formula is C44H59N11O10S2. The molecule has 4 aromatic rings. The van der Waals surface area contributed by atoms with Crippen LogP contribution in [-0.4, -0.2) is 128 Å². The minimum Gasteiger partial charge on any atom is -0.480 e. The van der Waals surface area contributed by atoms with Crippen LogP contribution in [0.25, 0.3) is 21.9 Å². The number of likely N-dealkylation sites (N-methyl/N-ethyl adjacent to an activating group) is 1. The molecule has 3 heterocycles. The number of carboxylic acid groups (broad SMARTS) is 2. The van der Waals surface area contributed by atoms with E-state index in [4.69, 9.17) is 31.7 Å². The summed E-state index contributed by atoms with van der Waals surface area (Å²) in [5.41, 5.74) is 20.4. The van der Waals surface area contributed by atoms with Gasteiger partial charge in [0, 0.05) is 73.1 Å². The van der Waals surface area contributed by atoms with Gasteiger partial charge in [-0.1, -0.05) is 67.0 Å². The number of hydrogen-bond donors (Lipinski definition) is 9. The zero-order chi connectivity index (χ0) is 48.8. The van der Waals surface area contributed by atoms with Crippen LogP contribution in [-0.2, 0) is 41.6 Å². The lowest BCUT2D eigenvalue weighted by molar-refractivity contribution is -0.142. The number of aryl methyl sites for hydroxylation is 1. The first-order valence-corrected chi connectivity index (χ1v) is 24.1. The van der Waals surface area contributed by atoms with Crippen LogP contribution in [0, 0.1) is 5.41 Å². The fraction of sp³-hybridized carbons (Fsp3) is 0.455. The van der Waals surface area contributed by atoms with E-state index in [-0.39, 0.29) is 54.9 Å². The first kappa shape index (κ1) is 51.4. The molecule has 2 aromatic carbocycles. The lowest BCUT2D eigenvalue weighted by Crippen LogP contribution is -2.53. The molecule has 3 atom stereocenters. The van der Waals surface area contributed by atoms with Gasteiger partial charge in [-0.05, 0) is 43.2 Å². The second-order valence-electron chi connectivity index (χ2n) is 16.7. The summed E-state index contributed by atoms with van der Waals surface area (Å²) in [7, 11) is 4.08. The third-order valence-electron chi connectivity index (χ3n) is 10.8. The van der Waals surface area contributed by atoms with Crippen molar-refractivity contribution in [2.24, 2.45) is 16.9 Å². The second-order valence-corrected chi connectivity index (χ2v) is 19.3. The van der Waals surface area contributed by atoms with E-state index in [0.29, 0.717) is 42.4 Å². The fourth-order valence-electron chi connectivity index (χ4n) is 7.23. The van der Waals surface area contributed by atoms with Gasteiger partial charge in [-0.15, -0.1) is 0 Å². The number of pyridine rings is 1. The number of hydrogen-bond acceptors (Lipinski definition) is 17. The summed E-state index contributed by atoms with van der Waals surface area (Å²) in [5.74, 6) is -3.03. The van der Waals surface area contributed by atoms with Gasteiger partial charge in [-0.25, -0.2) is 24.4 Å². The van der Waals surface area contributed by atoms with E-state index in [1.165, 1.54) is 22.9 Å². The molecule has 0 saturated carbocycles. The Kier molecular flexibility index (Phi) is 18.2. The number of para-hydroxylation sites is 1. The molecule has 1 aliphatic heterocycles. The Morgan fingerprint density at radius 1 is 0.970 bits per heavy atom. The number of nitrogens with two attached hydrogens (primary N) is 3. The number of ether oxygens (including phenoxy) is 2. The predicted octanol–water partition coefficient (Wildman–Crippen LogP) is 3.23. The van der Waals surface area contributed by atoms with Crippen molar-refractivity contribution in [3.63, 3.8) is 0 Å². The molecule has 0 bridgehead atoms. The quantitative estimate of drug-likeness (QED) is 0.0261. The number of anilines is 2. The zero-order valence-electron chi connectivity index (χ0n) is 37.8. The highest BCUT2D eigenvalue weighted by Gasteiger charge is 2.29. The van der Waals surface area contributed by atoms with Crippen molar-refractivity contribution in [1.29, 1.82) is 0 Å². The first-order valence-electron chi connectivity index (χ1n) is 21.6. The Labute approximate surface area is 395 Å². The van der Waals surface area contributed by atoms with Crippen LogP contribution >= 0.6 is 21.6 Å². The SMILES string of the molecule is CCCCc1nc2c(N)nc3ccccc3c2n1CC(C)(C)COC(=O)OCCSSCC(NC(=O)CCC(NC(=O)c1ccc(NCC2CNC(N)=C(C(N)=O)N2C)cc1)C(=O)O)C(=O)O. The van der Waals surface area contributed by atoms with Gasteiger partial charge >= 0.3 is 18.1 Å². The monoisotopic (exact) mass is 965 g/mol. The number of unbranched alkanes of at least 4 members (excludes halogenated alkanes) is 1. The molecule has 0 saturated heterocycles. The number of nitrogens with one attached hydrogen (secondary N) is 4. The number of fused-ring (bicyclic) bond motifs is 3. The van der Waals surface area contributed by atoms with E-state index in [1.807, 2.05) is 38.1 Å². The molecule has 0 fully saturated rings. The van der Waals surface area contributed by atoms with E-state index in [2.05, 4.69) is 37.7 Å². The first-order chi connectivity index (χ1) is 31.9. The Morgan fingerprint density at radius 2 is 1.69 bits per heavy atom. The maximum Gasteiger partial charge on any atom is 0.508 e. The van der Waals surface area contributed by atoms with Crippen LogP contribution in [0.2, 0.25) is 0 Å². The minimum absolute atomic E-state index is 0.0132. The molecule has 3 unspecified atom stereocenters. The summed E-state index contributed by atoms with van der Waals surface area (Å²) in [6, 6.07) is 11.1. The molecule has 0 spiro atoms. The van der Waals surface area contributed by atoms with Crippen molar-refractivity contribution in [1.82, 2.24) is 35.4 Å². The number of aliphatic carboxylic acids is 2. The molecule has 67 heavy (non-hydrogen) atoms. The van der Waals surface area contributed by atoms with Crippen molar-refractivity contribution in [2.45, 2.75) is 77.5 Å². The highest BCUT2D eigenvalue weighted by molar-refractivity contribution is 8.76. The highest BCUT2D eigenvalue weighted by Crippen LogP contribution is 2.32. The Bertz CT molecular complexity index is 2470. The maximum atomic E-state index is 12.9. The number of carbonyl (C=O) groups excluding carboxylic acids is 4. The minimum atomic E-state index is -1.44. The summed E-state index contributed by atoms with van der Waals surface area (Å²) in [5, 5.41) is 31.4. The number of benzene rings is 2. The molecule has 23 heteroatoms. The van der Waals surface area contributed by atoms with Crippen LogP contribution in [0.4, 0.5) is 16.3 Å². The van der Waals surface area contributed by atoms with Gasteiger partial charge in [-0.2, -0.15) is 0 Å². The van der Waals surface area contributed by atoms with E-state index in [9.17, 15) is 39.0 Å². The van der Waals surface area contributed by atoms with Crippen LogP contribution in [0.3, 0.4) is 0 Å². The van der Waals surface area contributed by atoms with Gasteiger partial charge in [0.25, 0.3) is 11.8 Å². The third kappa shape index (κ3) is 14.2. The lowest BCUT2D eigenvalue weighted by atomic mass is 9.94. The van der Waals surface area contributed by atoms with Crippen LogP contribution in [0.5, 0.6) is 0 Å². The number of rotatable bonds is 25. The third-order valence-corrected chi connectivity index (χ3v) is 13.2. The number of carbonyl (C=O) groups is 6. The second kappa shape index (κ2) is 23.7. The van der Waals surface area contributed by atoms with Gasteiger partial charge in [0.1, 0.15) is 48.2 Å². The Balaban J connectivity index is 1.00. The van der Waals surface area contributed by atoms with Crippen molar-refractivity contribution in [2.75, 3.05) is 55.9 Å². The summed E-state index contributed by atoms with van der Waals surface area (Å²) >= 11 is 0. The molecular weight excluding hydrogens is 907 g/mol. The normalized spacial score (nSPS) is 14.8. The summed E-state index contributed by atoms with van der Waals surface area (Å²) in [6.07, 6.45) is 1.15. The van der Waals surface area contributed by atoms with Crippen LogP contribution in [0.1, 0.15) is 62.6 Å². The number of amides is 3. The predicted molar refractivity (Wildman–Crippen MR) is 257 cm³/mol. The van der Waals surface area contributed by atoms with E-state index in [0.717, 1.165) is 52.3 Å². The molecule has 1 aliphatic rings. The van der Waals surface area contributed by atoms with Crippen molar-refractivity contribution >= 4 is 90.8 Å².